The number of benzene rings is 1. The van der Waals surface area contributed by atoms with Crippen LogP contribution < -0.4 is 4.90 Å². The standard InChI is InChI=1S/C18H21FN4O/c1-12-9-20-18(21-17(12)15-4-2-3-5-16(15)19)23-7-6-22-11-14(24)8-13(22)10-23/h2-5,9,13-14,24H,6-8,10-11H2,1H3/t13-,14+/m0/s1. The van der Waals surface area contributed by atoms with Crippen molar-refractivity contribution in [1.82, 2.24) is 14.9 Å². The van der Waals surface area contributed by atoms with Crippen molar-refractivity contribution in [2.24, 2.45) is 0 Å². The number of anilines is 1. The van der Waals surface area contributed by atoms with E-state index in [1.54, 1.807) is 18.3 Å². The minimum atomic E-state index is -0.269. The molecule has 5 nitrogen and oxygen atoms in total. The van der Waals surface area contributed by atoms with Crippen LogP contribution in [-0.4, -0.2) is 58.3 Å². The van der Waals surface area contributed by atoms with Gasteiger partial charge in [0.15, 0.2) is 0 Å². The van der Waals surface area contributed by atoms with E-state index in [1.165, 1.54) is 6.07 Å². The molecule has 2 aliphatic rings. The summed E-state index contributed by atoms with van der Waals surface area (Å²) in [5, 5.41) is 9.84. The summed E-state index contributed by atoms with van der Waals surface area (Å²) >= 11 is 0. The van der Waals surface area contributed by atoms with Crippen LogP contribution in [0, 0.1) is 12.7 Å². The molecule has 1 aromatic heterocycles. The highest BCUT2D eigenvalue weighted by molar-refractivity contribution is 5.64. The second kappa shape index (κ2) is 6.11. The number of aliphatic hydroxyl groups is 1. The highest BCUT2D eigenvalue weighted by atomic mass is 19.1. The Morgan fingerprint density at radius 1 is 1.21 bits per heavy atom. The number of hydrogen-bond donors (Lipinski definition) is 1. The molecule has 0 aliphatic carbocycles. The van der Waals surface area contributed by atoms with Crippen molar-refractivity contribution in [3.63, 3.8) is 0 Å². The number of rotatable bonds is 2. The number of fused-ring (bicyclic) bond motifs is 1. The summed E-state index contributed by atoms with van der Waals surface area (Å²) < 4.78 is 14.1. The van der Waals surface area contributed by atoms with Crippen molar-refractivity contribution >= 4 is 5.95 Å². The maximum Gasteiger partial charge on any atom is 0.225 e. The lowest BCUT2D eigenvalue weighted by molar-refractivity contribution is 0.173. The van der Waals surface area contributed by atoms with Crippen molar-refractivity contribution in [3.05, 3.63) is 41.8 Å². The first-order chi connectivity index (χ1) is 11.6. The third-order valence-electron chi connectivity index (χ3n) is 4.96. The van der Waals surface area contributed by atoms with Gasteiger partial charge < -0.3 is 10.0 Å². The highest BCUT2D eigenvalue weighted by Crippen LogP contribution is 2.28. The molecular weight excluding hydrogens is 307 g/mol. The monoisotopic (exact) mass is 328 g/mol. The lowest BCUT2D eigenvalue weighted by atomic mass is 10.1. The highest BCUT2D eigenvalue weighted by Gasteiger charge is 2.36. The molecule has 2 saturated heterocycles. The van der Waals surface area contributed by atoms with Crippen LogP contribution in [0.2, 0.25) is 0 Å². The third-order valence-corrected chi connectivity index (χ3v) is 4.96. The molecule has 2 aromatic rings. The minimum absolute atomic E-state index is 0.233. The number of aliphatic hydroxyl groups excluding tert-OH is 1. The largest absolute Gasteiger partial charge is 0.392 e. The molecule has 2 atom stereocenters. The van der Waals surface area contributed by atoms with Gasteiger partial charge in [-0.05, 0) is 31.0 Å². The Kier molecular flexibility index (Phi) is 3.94. The van der Waals surface area contributed by atoms with Gasteiger partial charge in [0.25, 0.3) is 0 Å². The normalized spacial score (nSPS) is 24.2. The summed E-state index contributed by atoms with van der Waals surface area (Å²) in [6.45, 7) is 5.18. The zero-order chi connectivity index (χ0) is 16.7. The molecule has 3 heterocycles. The van der Waals surface area contributed by atoms with Crippen LogP contribution >= 0.6 is 0 Å². The average molecular weight is 328 g/mol. The van der Waals surface area contributed by atoms with Gasteiger partial charge in [-0.1, -0.05) is 12.1 Å². The molecule has 0 amide bonds. The third kappa shape index (κ3) is 2.76. The van der Waals surface area contributed by atoms with Crippen molar-refractivity contribution in [2.45, 2.75) is 25.5 Å². The Morgan fingerprint density at radius 2 is 2.04 bits per heavy atom. The first-order valence-electron chi connectivity index (χ1n) is 8.37. The van der Waals surface area contributed by atoms with Crippen LogP contribution in [0.5, 0.6) is 0 Å². The molecule has 6 heteroatoms. The molecule has 24 heavy (non-hydrogen) atoms. The molecule has 0 spiro atoms. The smallest absolute Gasteiger partial charge is 0.225 e. The van der Waals surface area contributed by atoms with Gasteiger partial charge in [0, 0.05) is 44.0 Å². The number of nitrogens with zero attached hydrogens (tertiary/aromatic N) is 4. The molecule has 4 rings (SSSR count). The van der Waals surface area contributed by atoms with E-state index < -0.39 is 0 Å². The number of hydrogen-bond acceptors (Lipinski definition) is 5. The second-order valence-corrected chi connectivity index (χ2v) is 6.67. The number of halogens is 1. The van der Waals surface area contributed by atoms with Gasteiger partial charge in [0.1, 0.15) is 5.82 Å². The summed E-state index contributed by atoms with van der Waals surface area (Å²) in [7, 11) is 0. The number of aromatic nitrogens is 2. The Labute approximate surface area is 140 Å². The summed E-state index contributed by atoms with van der Waals surface area (Å²) in [6, 6.07) is 7.05. The quantitative estimate of drug-likeness (QED) is 0.912. The van der Waals surface area contributed by atoms with Crippen LogP contribution in [0.3, 0.4) is 0 Å². The van der Waals surface area contributed by atoms with E-state index in [2.05, 4.69) is 19.8 Å². The maximum absolute atomic E-state index is 14.1. The van der Waals surface area contributed by atoms with Gasteiger partial charge in [0.2, 0.25) is 5.95 Å². The first kappa shape index (κ1) is 15.5. The van der Waals surface area contributed by atoms with Gasteiger partial charge in [0.05, 0.1) is 11.8 Å². The Hall–Kier alpha value is -2.05. The predicted octanol–water partition coefficient (Wildman–Crippen LogP) is 1.85. The predicted molar refractivity (Wildman–Crippen MR) is 90.4 cm³/mol. The molecule has 1 N–H and O–H groups in total. The van der Waals surface area contributed by atoms with Gasteiger partial charge in [-0.3, -0.25) is 4.90 Å². The van der Waals surface area contributed by atoms with Crippen molar-refractivity contribution in [2.75, 3.05) is 31.1 Å². The van der Waals surface area contributed by atoms with Crippen molar-refractivity contribution in [1.29, 1.82) is 0 Å². The molecule has 126 valence electrons. The summed E-state index contributed by atoms with van der Waals surface area (Å²) in [4.78, 5) is 13.6. The average Bonchev–Trinajstić information content (AvgIpc) is 2.95. The first-order valence-corrected chi connectivity index (χ1v) is 8.37. The molecule has 1 aromatic carbocycles. The molecule has 0 saturated carbocycles. The Balaban J connectivity index is 1.63. The van der Waals surface area contributed by atoms with E-state index in [9.17, 15) is 9.50 Å². The fourth-order valence-electron chi connectivity index (χ4n) is 3.71. The van der Waals surface area contributed by atoms with Crippen LogP contribution in [-0.2, 0) is 0 Å². The van der Waals surface area contributed by atoms with E-state index in [1.807, 2.05) is 13.0 Å². The van der Waals surface area contributed by atoms with E-state index in [4.69, 9.17) is 0 Å². The molecule has 0 bridgehead atoms. The van der Waals surface area contributed by atoms with E-state index in [-0.39, 0.29) is 11.9 Å². The van der Waals surface area contributed by atoms with Gasteiger partial charge in [-0.2, -0.15) is 0 Å². The fraction of sp³-hybridized carbons (Fsp3) is 0.444. The second-order valence-electron chi connectivity index (χ2n) is 6.67. The molecule has 0 radical (unpaired) electrons. The van der Waals surface area contributed by atoms with Crippen LogP contribution in [0.1, 0.15) is 12.0 Å². The Morgan fingerprint density at radius 3 is 2.88 bits per heavy atom. The summed E-state index contributed by atoms with van der Waals surface area (Å²) in [5.41, 5.74) is 2.01. The number of aryl methyl sites for hydroxylation is 1. The molecule has 2 fully saturated rings. The van der Waals surface area contributed by atoms with Gasteiger partial charge >= 0.3 is 0 Å². The number of piperazine rings is 1. The van der Waals surface area contributed by atoms with Gasteiger partial charge in [-0.15, -0.1) is 0 Å². The Bertz CT molecular complexity index is 754. The van der Waals surface area contributed by atoms with Crippen molar-refractivity contribution < 1.29 is 9.50 Å². The lowest BCUT2D eigenvalue weighted by Gasteiger charge is -2.37. The summed E-state index contributed by atoms with van der Waals surface area (Å²) in [5.74, 6) is 0.369. The zero-order valence-electron chi connectivity index (χ0n) is 13.7. The SMILES string of the molecule is Cc1cnc(N2CCN3C[C@H](O)C[C@H]3C2)nc1-c1ccccc1F. The van der Waals surface area contributed by atoms with E-state index in [0.29, 0.717) is 23.2 Å². The maximum atomic E-state index is 14.1. The van der Waals surface area contributed by atoms with Crippen LogP contribution in [0.15, 0.2) is 30.5 Å². The van der Waals surface area contributed by atoms with Crippen molar-refractivity contribution in [3.8, 4) is 11.3 Å². The van der Waals surface area contributed by atoms with Crippen LogP contribution in [0.25, 0.3) is 11.3 Å². The minimum Gasteiger partial charge on any atom is -0.392 e. The summed E-state index contributed by atoms with van der Waals surface area (Å²) in [6.07, 6.45) is 2.32. The zero-order valence-corrected chi connectivity index (χ0v) is 13.7. The fourth-order valence-corrected chi connectivity index (χ4v) is 3.71. The van der Waals surface area contributed by atoms with Gasteiger partial charge in [-0.25, -0.2) is 14.4 Å². The molecule has 0 unspecified atom stereocenters. The van der Waals surface area contributed by atoms with Crippen LogP contribution in [0.4, 0.5) is 10.3 Å². The van der Waals surface area contributed by atoms with E-state index in [0.717, 1.165) is 38.2 Å². The van der Waals surface area contributed by atoms with E-state index >= 15 is 0 Å². The topological polar surface area (TPSA) is 52.5 Å². The lowest BCUT2D eigenvalue weighted by Crippen LogP contribution is -2.50. The molecular formula is C18H21FN4O. The molecule has 2 aliphatic heterocycles.